The number of aryl methyl sites for hydroxylation is 1. The molecule has 0 amide bonds. The number of aromatic nitrogens is 2. The first kappa shape index (κ1) is 16.3. The predicted molar refractivity (Wildman–Crippen MR) is 82.4 cm³/mol. The summed E-state index contributed by atoms with van der Waals surface area (Å²) in [5.74, 6) is 0.0642. The highest BCUT2D eigenvalue weighted by Gasteiger charge is 2.42. The Balaban J connectivity index is 2.31. The largest absolute Gasteiger partial charge is 0.381 e. The van der Waals surface area contributed by atoms with Crippen molar-refractivity contribution >= 4 is 15.8 Å². The highest BCUT2D eigenvalue weighted by atomic mass is 32.2. The Labute approximate surface area is 126 Å². The van der Waals surface area contributed by atoms with Gasteiger partial charge in [0, 0.05) is 26.2 Å². The van der Waals surface area contributed by atoms with Crippen LogP contribution in [-0.4, -0.2) is 60.6 Å². The fourth-order valence-corrected chi connectivity index (χ4v) is 4.45. The van der Waals surface area contributed by atoms with E-state index in [0.717, 1.165) is 19.3 Å². The molecule has 0 radical (unpaired) electrons. The van der Waals surface area contributed by atoms with Crippen molar-refractivity contribution < 1.29 is 8.42 Å². The molecule has 1 aromatic rings. The van der Waals surface area contributed by atoms with Crippen LogP contribution in [-0.2, 0) is 17.1 Å². The number of hydrogen-bond acceptors (Lipinski definition) is 5. The molecule has 0 saturated heterocycles. The summed E-state index contributed by atoms with van der Waals surface area (Å²) in [7, 11) is 3.69. The summed E-state index contributed by atoms with van der Waals surface area (Å²) < 4.78 is 28.5. The average Bonchev–Trinajstić information content (AvgIpc) is 2.57. The van der Waals surface area contributed by atoms with Crippen LogP contribution in [0.15, 0.2) is 4.90 Å². The molecular weight excluding hydrogens is 290 g/mol. The normalized spacial score (nSPS) is 18.2. The fourth-order valence-electron chi connectivity index (χ4n) is 2.92. The second kappa shape index (κ2) is 5.26. The van der Waals surface area contributed by atoms with Crippen molar-refractivity contribution in [2.24, 2.45) is 7.05 Å². The smallest absolute Gasteiger partial charge is 0.248 e. The maximum Gasteiger partial charge on any atom is 0.248 e. The number of nitrogens with zero attached hydrogens (tertiary/aromatic N) is 4. The first-order valence-electron chi connectivity index (χ1n) is 7.05. The van der Waals surface area contributed by atoms with E-state index in [1.807, 2.05) is 14.1 Å². The van der Waals surface area contributed by atoms with Crippen molar-refractivity contribution in [2.45, 2.75) is 36.6 Å². The quantitative estimate of drug-likeness (QED) is 0.851. The molecule has 0 unspecified atom stereocenters. The molecule has 21 heavy (non-hydrogen) atoms. The summed E-state index contributed by atoms with van der Waals surface area (Å²) >= 11 is 0. The summed E-state index contributed by atoms with van der Waals surface area (Å²) in [6, 6.07) is 0. The number of anilines is 1. The van der Waals surface area contributed by atoms with Crippen molar-refractivity contribution in [1.29, 1.82) is 0 Å². The van der Waals surface area contributed by atoms with E-state index in [2.05, 4.69) is 10.00 Å². The minimum absolute atomic E-state index is 0.0628. The Kier molecular flexibility index (Phi) is 4.07. The molecule has 1 aromatic heterocycles. The maximum absolute atomic E-state index is 12.8. The van der Waals surface area contributed by atoms with Crippen LogP contribution in [0, 0.1) is 6.92 Å². The zero-order chi connectivity index (χ0) is 16.0. The van der Waals surface area contributed by atoms with Gasteiger partial charge in [0.15, 0.2) is 5.82 Å². The van der Waals surface area contributed by atoms with Crippen LogP contribution in [0.1, 0.15) is 25.0 Å². The molecule has 8 heteroatoms. The number of nitrogen functional groups attached to an aromatic ring is 1. The van der Waals surface area contributed by atoms with E-state index >= 15 is 0 Å². The Bertz CT molecular complexity index is 631. The SMILES string of the molecule is Cc1c(S(=O)(=O)N(C)CC2(N(C)C)CCC2)c(N)nn1C. The standard InChI is InChI=1S/C13H25N5O2S/c1-10-11(12(14)15-18(10)5)21(19,20)17(4)9-13(16(2)3)7-6-8-13/h6-9H2,1-5H3,(H2,14,15). The molecule has 120 valence electrons. The summed E-state index contributed by atoms with van der Waals surface area (Å²) in [5.41, 5.74) is 6.29. The minimum Gasteiger partial charge on any atom is -0.381 e. The third-order valence-electron chi connectivity index (χ3n) is 4.72. The first-order chi connectivity index (χ1) is 9.62. The van der Waals surface area contributed by atoms with Crippen molar-refractivity contribution in [1.82, 2.24) is 19.0 Å². The molecular formula is C13H25N5O2S. The Hall–Kier alpha value is -1.12. The fraction of sp³-hybridized carbons (Fsp3) is 0.769. The van der Waals surface area contributed by atoms with Crippen LogP contribution in [0.25, 0.3) is 0 Å². The number of hydrogen-bond donors (Lipinski definition) is 1. The van der Waals surface area contributed by atoms with Gasteiger partial charge in [-0.15, -0.1) is 0 Å². The van der Waals surface area contributed by atoms with Gasteiger partial charge < -0.3 is 10.6 Å². The van der Waals surface area contributed by atoms with E-state index in [0.29, 0.717) is 12.2 Å². The van der Waals surface area contributed by atoms with E-state index in [4.69, 9.17) is 5.73 Å². The van der Waals surface area contributed by atoms with Gasteiger partial charge in [0.1, 0.15) is 4.90 Å². The van der Waals surface area contributed by atoms with Gasteiger partial charge in [-0.05, 0) is 40.3 Å². The lowest BCUT2D eigenvalue weighted by Crippen LogP contribution is -2.57. The molecule has 2 N–H and O–H groups in total. The molecule has 7 nitrogen and oxygen atoms in total. The highest BCUT2D eigenvalue weighted by Crippen LogP contribution is 2.38. The number of rotatable bonds is 5. The lowest BCUT2D eigenvalue weighted by atomic mass is 9.75. The highest BCUT2D eigenvalue weighted by molar-refractivity contribution is 7.89. The second-order valence-electron chi connectivity index (χ2n) is 6.16. The van der Waals surface area contributed by atoms with E-state index in [9.17, 15) is 8.42 Å². The number of likely N-dealkylation sites (N-methyl/N-ethyl adjacent to an activating group) is 2. The van der Waals surface area contributed by atoms with E-state index in [1.54, 1.807) is 21.0 Å². The van der Waals surface area contributed by atoms with Crippen molar-refractivity contribution in [3.8, 4) is 0 Å². The van der Waals surface area contributed by atoms with Crippen LogP contribution in [0.5, 0.6) is 0 Å². The third-order valence-corrected chi connectivity index (χ3v) is 6.69. The zero-order valence-corrected chi connectivity index (χ0v) is 14.2. The number of sulfonamides is 1. The molecule has 0 bridgehead atoms. The molecule has 1 heterocycles. The average molecular weight is 315 g/mol. The first-order valence-corrected chi connectivity index (χ1v) is 8.49. The van der Waals surface area contributed by atoms with Crippen molar-refractivity contribution in [3.05, 3.63) is 5.69 Å². The molecule has 1 aliphatic carbocycles. The van der Waals surface area contributed by atoms with Crippen LogP contribution in [0.4, 0.5) is 5.82 Å². The number of nitrogens with two attached hydrogens (primary N) is 1. The van der Waals surface area contributed by atoms with Gasteiger partial charge in [0.05, 0.1) is 5.69 Å². The van der Waals surface area contributed by atoms with Crippen LogP contribution < -0.4 is 5.73 Å². The second-order valence-corrected chi connectivity index (χ2v) is 8.14. The summed E-state index contributed by atoms with van der Waals surface area (Å²) in [4.78, 5) is 2.25. The molecule has 1 aliphatic rings. The molecule has 0 aliphatic heterocycles. The van der Waals surface area contributed by atoms with Gasteiger partial charge in [-0.3, -0.25) is 4.68 Å². The van der Waals surface area contributed by atoms with Crippen molar-refractivity contribution in [3.63, 3.8) is 0 Å². The molecule has 1 saturated carbocycles. The van der Waals surface area contributed by atoms with Gasteiger partial charge in [0.25, 0.3) is 0 Å². The Morgan fingerprint density at radius 3 is 2.24 bits per heavy atom. The third kappa shape index (κ3) is 2.56. The van der Waals surface area contributed by atoms with Crippen molar-refractivity contribution in [2.75, 3.05) is 33.4 Å². The van der Waals surface area contributed by atoms with Gasteiger partial charge in [-0.2, -0.15) is 9.40 Å². The lowest BCUT2D eigenvalue weighted by Gasteiger charge is -2.48. The van der Waals surface area contributed by atoms with Crippen LogP contribution >= 0.6 is 0 Å². The molecule has 0 aromatic carbocycles. The van der Waals surface area contributed by atoms with Gasteiger partial charge in [0.2, 0.25) is 10.0 Å². The monoisotopic (exact) mass is 315 g/mol. The Morgan fingerprint density at radius 2 is 1.90 bits per heavy atom. The minimum atomic E-state index is -3.62. The van der Waals surface area contributed by atoms with E-state index < -0.39 is 10.0 Å². The predicted octanol–water partition coefficient (Wildman–Crippen LogP) is 0.416. The van der Waals surface area contributed by atoms with Gasteiger partial charge >= 0.3 is 0 Å². The summed E-state index contributed by atoms with van der Waals surface area (Å²) in [6.07, 6.45) is 3.17. The summed E-state index contributed by atoms with van der Waals surface area (Å²) in [6.45, 7) is 2.19. The van der Waals surface area contributed by atoms with E-state index in [1.165, 1.54) is 8.99 Å². The zero-order valence-electron chi connectivity index (χ0n) is 13.4. The maximum atomic E-state index is 12.8. The van der Waals surface area contributed by atoms with Gasteiger partial charge in [-0.25, -0.2) is 8.42 Å². The lowest BCUT2D eigenvalue weighted by molar-refractivity contribution is 0.0455. The topological polar surface area (TPSA) is 84.5 Å². The molecule has 0 atom stereocenters. The molecule has 2 rings (SSSR count). The summed E-state index contributed by atoms with van der Waals surface area (Å²) in [5, 5.41) is 4.00. The van der Waals surface area contributed by atoms with Crippen LogP contribution in [0.3, 0.4) is 0 Å². The Morgan fingerprint density at radius 1 is 1.33 bits per heavy atom. The van der Waals surface area contributed by atoms with Gasteiger partial charge in [-0.1, -0.05) is 0 Å². The van der Waals surface area contributed by atoms with Crippen LogP contribution in [0.2, 0.25) is 0 Å². The van der Waals surface area contributed by atoms with E-state index in [-0.39, 0.29) is 16.3 Å². The molecule has 0 spiro atoms. The molecule has 1 fully saturated rings.